The van der Waals surface area contributed by atoms with Gasteiger partial charge in [0, 0.05) is 85.2 Å². The number of aromatic nitrogens is 2. The summed E-state index contributed by atoms with van der Waals surface area (Å²) in [5.41, 5.74) is 5.57. The van der Waals surface area contributed by atoms with Gasteiger partial charge in [0.2, 0.25) is 76.8 Å². The predicted octanol–water partition coefficient (Wildman–Crippen LogP) is 3.26. The number of primary amides is 1. The minimum atomic E-state index is -1.88. The highest BCUT2D eigenvalue weighted by atomic mass is 32.1. The van der Waals surface area contributed by atoms with Crippen molar-refractivity contribution in [2.45, 2.75) is 258 Å². The zero-order valence-electron chi connectivity index (χ0n) is 77.4. The summed E-state index contributed by atoms with van der Waals surface area (Å²) in [7, 11) is 0. The first kappa shape index (κ1) is 107. The van der Waals surface area contributed by atoms with E-state index in [9.17, 15) is 112 Å². The number of rotatable bonds is 47. The van der Waals surface area contributed by atoms with Crippen molar-refractivity contribution in [2.75, 3.05) is 25.0 Å². The van der Waals surface area contributed by atoms with Crippen molar-refractivity contribution in [1.29, 1.82) is 0 Å². The van der Waals surface area contributed by atoms with E-state index in [1.807, 2.05) is 6.92 Å². The lowest BCUT2D eigenvalue weighted by atomic mass is 9.84. The van der Waals surface area contributed by atoms with Crippen LogP contribution in [0.3, 0.4) is 0 Å². The number of aliphatic carboxylic acids is 2. The quantitative estimate of drug-likeness (QED) is 0.0148. The molecule has 41 nitrogen and oxygen atoms in total. The van der Waals surface area contributed by atoms with Gasteiger partial charge in [-0.3, -0.25) is 76.7 Å². The van der Waals surface area contributed by atoms with Crippen LogP contribution in [0.1, 0.15) is 194 Å². The number of aliphatic hydroxyl groups excluding tert-OH is 1. The number of carboxylic acids is 3. The second-order valence-corrected chi connectivity index (χ2v) is 36.9. The number of aromatic hydroxyl groups is 2. The molecular weight excluding hydrogens is 1770 g/mol. The number of nitrogens with one attached hydrogen (secondary N) is 14. The maximum atomic E-state index is 14.7. The third kappa shape index (κ3) is 30.7. The van der Waals surface area contributed by atoms with Crippen molar-refractivity contribution in [1.82, 2.24) is 78.7 Å². The summed E-state index contributed by atoms with van der Waals surface area (Å²) in [6.45, 7) is 17.8. The number of imidazole rings is 1. The van der Waals surface area contributed by atoms with Crippen molar-refractivity contribution < 1.29 is 112 Å². The molecule has 4 aliphatic rings. The Labute approximate surface area is 784 Å². The number of aromatic carboxylic acids is 1. The van der Waals surface area contributed by atoms with Crippen molar-refractivity contribution in [2.24, 2.45) is 34.3 Å². The summed E-state index contributed by atoms with van der Waals surface area (Å²) in [4.78, 5) is 243. The first-order valence-corrected chi connectivity index (χ1v) is 45.5. The minimum Gasteiger partial charge on any atom is -0.508 e. The molecule has 2 aliphatic heterocycles. The van der Waals surface area contributed by atoms with Crippen LogP contribution in [0.25, 0.3) is 33.4 Å². The summed E-state index contributed by atoms with van der Waals surface area (Å²) >= 11 is 5.54. The summed E-state index contributed by atoms with van der Waals surface area (Å²) in [6, 6.07) is 1.75. The summed E-state index contributed by atoms with van der Waals surface area (Å²) in [5, 5.41) is 96.8. The molecule has 2 aliphatic carbocycles. The average Bonchev–Trinajstić information content (AvgIpc) is 0.921. The first-order chi connectivity index (χ1) is 63.7. The summed E-state index contributed by atoms with van der Waals surface area (Å²) in [5.74, 6) is -17.4. The Morgan fingerprint density at radius 2 is 1.10 bits per heavy atom. The zero-order valence-corrected chi connectivity index (χ0v) is 78.2. The molecule has 0 radical (unpaired) electrons. The number of carbonyl (C=O) groups excluding carboxylic acids is 13. The van der Waals surface area contributed by atoms with E-state index in [0.29, 0.717) is 47.8 Å². The van der Waals surface area contributed by atoms with Crippen LogP contribution in [0, 0.1) is 28.6 Å². The monoisotopic (exact) mass is 1900 g/mol. The number of fused-ring (bicyclic) bond motifs is 2. The lowest BCUT2D eigenvalue weighted by molar-refractivity contribution is -0.141. The highest BCUT2D eigenvalue weighted by molar-refractivity contribution is 7.80. The van der Waals surface area contributed by atoms with Gasteiger partial charge in [0.25, 0.3) is 0 Å². The van der Waals surface area contributed by atoms with Gasteiger partial charge in [-0.25, -0.2) is 9.78 Å². The van der Waals surface area contributed by atoms with Crippen LogP contribution in [0.4, 0.5) is 5.69 Å². The number of aromatic amines is 1. The van der Waals surface area contributed by atoms with Crippen molar-refractivity contribution in [3.63, 3.8) is 0 Å². The molecule has 2 fully saturated rings. The molecule has 732 valence electrons. The average molecular weight is 1900 g/mol. The van der Waals surface area contributed by atoms with Crippen LogP contribution in [0.15, 0.2) is 101 Å². The van der Waals surface area contributed by atoms with Crippen LogP contribution < -0.4 is 80.3 Å². The lowest BCUT2D eigenvalue weighted by Gasteiger charge is -2.36. The van der Waals surface area contributed by atoms with Gasteiger partial charge >= 0.3 is 17.9 Å². The number of H-pyrrole nitrogens is 1. The Hall–Kier alpha value is -13.7. The number of unbranched alkanes of at least 4 members (excludes halogenated alkanes) is 1. The highest BCUT2D eigenvalue weighted by Crippen LogP contribution is 2.43. The summed E-state index contributed by atoms with van der Waals surface area (Å²) < 4.78 is 5.93. The number of benzene rings is 4. The third-order valence-electron chi connectivity index (χ3n) is 24.0. The molecule has 4 aromatic rings. The number of carbonyl (C=O) groups is 16. The van der Waals surface area contributed by atoms with Gasteiger partial charge in [-0.05, 0) is 159 Å². The maximum Gasteiger partial charge on any atom is 0.336 e. The van der Waals surface area contributed by atoms with Gasteiger partial charge in [-0.15, -0.1) is 0 Å². The minimum absolute atomic E-state index is 0.00180. The van der Waals surface area contributed by atoms with Crippen molar-refractivity contribution >= 4 is 129 Å². The number of nitrogens with zero attached hydrogens (tertiary/aromatic N) is 2. The van der Waals surface area contributed by atoms with Gasteiger partial charge in [-0.1, -0.05) is 113 Å². The van der Waals surface area contributed by atoms with Crippen LogP contribution in [-0.4, -0.2) is 238 Å². The molecule has 3 heterocycles. The van der Waals surface area contributed by atoms with Gasteiger partial charge in [-0.2, -0.15) is 0 Å². The fraction of sp³-hybridized carbons (Fsp3) is 0.516. The van der Waals surface area contributed by atoms with Crippen LogP contribution >= 0.6 is 12.2 Å². The van der Waals surface area contributed by atoms with E-state index in [4.69, 9.17) is 22.4 Å². The third-order valence-corrected chi connectivity index (χ3v) is 24.2. The molecule has 22 N–H and O–H groups in total. The molecule has 0 unspecified atom stereocenters. The fourth-order valence-corrected chi connectivity index (χ4v) is 16.1. The Balaban J connectivity index is 0.893. The Kier molecular flexibility index (Phi) is 38.6. The van der Waals surface area contributed by atoms with E-state index in [1.54, 1.807) is 80.5 Å². The van der Waals surface area contributed by atoms with Crippen LogP contribution in [0.2, 0.25) is 0 Å². The number of hydrogen-bond donors (Lipinski definition) is 21. The number of phenolic OH excluding ortho intramolecular Hbond substituents is 2. The van der Waals surface area contributed by atoms with Gasteiger partial charge in [0.1, 0.15) is 89.3 Å². The number of aliphatic hydroxyl groups is 1. The fourth-order valence-electron chi connectivity index (χ4n) is 15.9. The largest absolute Gasteiger partial charge is 0.508 e. The number of carboxylic acid groups (broad SMARTS) is 3. The Morgan fingerprint density at radius 1 is 0.556 bits per heavy atom. The van der Waals surface area contributed by atoms with E-state index in [0.717, 1.165) is 17.7 Å². The molecule has 1 saturated carbocycles. The number of amides is 13. The number of anilines is 1. The zero-order chi connectivity index (χ0) is 99.6. The summed E-state index contributed by atoms with van der Waals surface area (Å²) in [6.07, 6.45) is 1.76. The smallest absolute Gasteiger partial charge is 0.336 e. The molecule has 0 bridgehead atoms. The molecule has 14 atom stereocenters. The van der Waals surface area contributed by atoms with E-state index in [-0.39, 0.29) is 119 Å². The second kappa shape index (κ2) is 48.8. The molecule has 3 aromatic carbocycles. The molecule has 135 heavy (non-hydrogen) atoms. The molecule has 1 saturated heterocycles. The number of hydrogen-bond acceptors (Lipinski definition) is 23. The normalized spacial score (nSPS) is 16.2. The maximum absolute atomic E-state index is 14.7. The highest BCUT2D eigenvalue weighted by Gasteiger charge is 2.44. The topological polar surface area (TPSA) is 639 Å². The van der Waals surface area contributed by atoms with E-state index in [1.165, 1.54) is 80.1 Å². The number of nitrogens with two attached hydrogens (primary N) is 1. The molecule has 42 heteroatoms. The Morgan fingerprint density at radius 3 is 1.64 bits per heavy atom. The second-order valence-electron chi connectivity index (χ2n) is 36.5. The molecule has 0 spiro atoms. The van der Waals surface area contributed by atoms with E-state index < -0.39 is 223 Å². The predicted molar refractivity (Wildman–Crippen MR) is 497 cm³/mol. The van der Waals surface area contributed by atoms with Crippen LogP contribution in [0.5, 0.6) is 11.5 Å². The SMILES string of the molecule is CC[C@H](C)[C@H](NC(=O)[C@@H](NC(=O)C1CCCC1)C(C)(C)C)C(=O)N[C@H](C(=O)N[C@H](C(=O)N[C@H](C(=O)NCC(=O)N1CCC[C@H]1C(=O)N[C@@H](Cc1c[nH]cn1)C(=O)N[C@@H](CCC(=O)O)C(=O)N[C@@H](CCC(=O)O)C(=O)N[C@@H](Cc1ccc(O)cc1)C(=O)N[C@@H](CCCCNC(=S)Nc1ccc(-c2c3ccc(=O)cc-3oc3cc(O)ccc23)c(C(=O)O)c1)C(N)=O)[C@@H](C)O)[C@@H](C)CC)C(C)(C)C. The van der Waals surface area contributed by atoms with Gasteiger partial charge < -0.3 is 120 Å². The Bertz CT molecular complexity index is 5320. The standard InChI is InChI=1S/C93H125N17O24S/c1-12-47(3)73(105-89(131)77(93(9,10)11)109-87(129)74(48(4)13-2)106-88(130)76(92(6,7)8)108-79(121)51-19-14-15-20-51)86(128)107-75(49(5)111)85(127)97-45-69(115)110-38-18-22-66(110)84(126)104-65(41-53-44-95-46-98-53)83(125)102-62(33-35-70(116)117)80(122)101-63(34-36-71(118)119)81(123)103-64(39-50-23-26-54(112)27-24-50)82(124)100-61(78(94)120)21-16-17-37-96-91(135)99-52-25-30-57(60(40-52)90(132)133)72-58-31-28-55(113)42-67(58)134-68-43-56(114)29-32-59(68)72/h23-32,40,42-44,46-49,51,61-66,73-77,111-113H,12-22,33-39,41,45H2,1-11H3,(H2,94,120)(H,95,98)(H,97,127)(H,100,124)(H,101,122)(H,102,125)(H,103,123)(H,104,126)(H,105,131)(H,106,130)(H,107,128)(H,108,121)(H,109,129)(H,116,117)(H,118,119)(H,132,133)(H2,96,99,135)/t47-,48-,49+,61-,62-,63-,64-,65-,66-,73-,74-,75-,76+,77+/m0/s1. The molecule has 1 aromatic heterocycles. The van der Waals surface area contributed by atoms with Crippen molar-refractivity contribution in [3.05, 3.63) is 118 Å². The number of likely N-dealkylation sites (tertiary alicyclic amines) is 1. The molecular formula is C93H125N17O24S. The number of phenols is 2. The molecule has 8 rings (SSSR count). The van der Waals surface area contributed by atoms with Gasteiger partial charge in [0.05, 0.1) is 30.2 Å². The van der Waals surface area contributed by atoms with E-state index >= 15 is 0 Å². The number of thiocarbonyl (C=S) groups is 1. The lowest BCUT2D eigenvalue weighted by Crippen LogP contribution is -2.64. The van der Waals surface area contributed by atoms with Crippen LogP contribution in [-0.2, 0) is 84.8 Å². The molecule has 13 amide bonds. The van der Waals surface area contributed by atoms with E-state index in [2.05, 4.69) is 79.1 Å². The van der Waals surface area contributed by atoms with Gasteiger partial charge in [0.15, 0.2) is 10.5 Å². The first-order valence-electron chi connectivity index (χ1n) is 45.1. The van der Waals surface area contributed by atoms with Crippen molar-refractivity contribution in [3.8, 4) is 33.9 Å².